The van der Waals surface area contributed by atoms with Gasteiger partial charge in [0.05, 0.1) is 10.9 Å². The molecular formula is C15H18N2O3S. The zero-order valence-corrected chi connectivity index (χ0v) is 13.1. The molecule has 0 bridgehead atoms. The molecule has 1 aliphatic rings. The summed E-state index contributed by atoms with van der Waals surface area (Å²) in [5.74, 6) is -0.651. The molecule has 0 aromatic heterocycles. The first-order valence-corrected chi connectivity index (χ1v) is 8.03. The highest BCUT2D eigenvalue weighted by molar-refractivity contribution is 8.00. The van der Waals surface area contributed by atoms with Crippen molar-refractivity contribution in [3.8, 4) is 0 Å². The van der Waals surface area contributed by atoms with Gasteiger partial charge < -0.3 is 5.32 Å². The number of carbonyl (C=O) groups is 3. The van der Waals surface area contributed by atoms with Gasteiger partial charge in [-0.15, -0.1) is 0 Å². The van der Waals surface area contributed by atoms with Gasteiger partial charge in [-0.1, -0.05) is 6.07 Å². The second kappa shape index (κ2) is 6.30. The van der Waals surface area contributed by atoms with Crippen LogP contribution in [0.15, 0.2) is 24.3 Å². The Morgan fingerprint density at radius 1 is 1.38 bits per heavy atom. The zero-order chi connectivity index (χ0) is 15.6. The van der Waals surface area contributed by atoms with Crippen molar-refractivity contribution in [3.05, 3.63) is 29.8 Å². The molecule has 1 unspecified atom stereocenters. The summed E-state index contributed by atoms with van der Waals surface area (Å²) in [5.41, 5.74) is 0.896. The van der Waals surface area contributed by atoms with Crippen LogP contribution in [-0.4, -0.2) is 35.3 Å². The van der Waals surface area contributed by atoms with Crippen LogP contribution >= 0.6 is 11.8 Å². The van der Waals surface area contributed by atoms with Gasteiger partial charge >= 0.3 is 0 Å². The highest BCUT2D eigenvalue weighted by Crippen LogP contribution is 2.28. The minimum absolute atomic E-state index is 0.0251. The summed E-state index contributed by atoms with van der Waals surface area (Å²) < 4.78 is 0. The number of nitrogens with zero attached hydrogens (tertiary/aromatic N) is 1. The van der Waals surface area contributed by atoms with Crippen molar-refractivity contribution in [3.63, 3.8) is 0 Å². The molecule has 3 amide bonds. The van der Waals surface area contributed by atoms with Crippen LogP contribution in [0.5, 0.6) is 0 Å². The van der Waals surface area contributed by atoms with Gasteiger partial charge in [0.2, 0.25) is 11.8 Å². The maximum atomic E-state index is 12.2. The van der Waals surface area contributed by atoms with Crippen molar-refractivity contribution in [2.45, 2.75) is 31.6 Å². The van der Waals surface area contributed by atoms with Crippen molar-refractivity contribution < 1.29 is 14.4 Å². The Kier molecular flexibility index (Phi) is 4.67. The summed E-state index contributed by atoms with van der Waals surface area (Å²) in [5, 5.41) is 2.46. The highest BCUT2D eigenvalue weighted by Gasteiger charge is 2.39. The largest absolute Gasteiger partial charge is 0.350 e. The van der Waals surface area contributed by atoms with Gasteiger partial charge in [0.25, 0.3) is 5.91 Å². The fourth-order valence-corrected chi connectivity index (χ4v) is 2.81. The monoisotopic (exact) mass is 306 g/mol. The van der Waals surface area contributed by atoms with Crippen molar-refractivity contribution in [2.75, 3.05) is 11.2 Å². The first-order chi connectivity index (χ1) is 9.93. The Morgan fingerprint density at radius 3 is 2.67 bits per heavy atom. The molecule has 1 fully saturated rings. The number of rotatable bonds is 4. The van der Waals surface area contributed by atoms with E-state index in [1.165, 1.54) is 16.7 Å². The van der Waals surface area contributed by atoms with E-state index in [1.807, 2.05) is 20.1 Å². The van der Waals surface area contributed by atoms with Crippen LogP contribution in [0, 0.1) is 0 Å². The average molecular weight is 306 g/mol. The van der Waals surface area contributed by atoms with E-state index in [2.05, 4.69) is 5.32 Å². The lowest BCUT2D eigenvalue weighted by Crippen LogP contribution is -2.32. The molecule has 112 valence electrons. The standard InChI is InChI=1S/C15H18N2O3S/c1-9(2)16-14(19)10-5-4-6-11(7-10)17-13(18)8-12(21-3)15(17)20/h4-7,9,12H,8H2,1-3H3,(H,16,19). The maximum absolute atomic E-state index is 12.2. The van der Waals surface area contributed by atoms with Crippen LogP contribution in [0.4, 0.5) is 5.69 Å². The number of imide groups is 1. The minimum Gasteiger partial charge on any atom is -0.350 e. The Labute approximate surface area is 128 Å². The fraction of sp³-hybridized carbons (Fsp3) is 0.400. The van der Waals surface area contributed by atoms with Crippen LogP contribution in [-0.2, 0) is 9.59 Å². The number of nitrogens with one attached hydrogen (secondary N) is 1. The molecular weight excluding hydrogens is 288 g/mol. The van der Waals surface area contributed by atoms with Crippen LogP contribution in [0.1, 0.15) is 30.6 Å². The third kappa shape index (κ3) is 3.26. The Bertz CT molecular complexity index is 586. The predicted molar refractivity (Wildman–Crippen MR) is 83.5 cm³/mol. The van der Waals surface area contributed by atoms with Gasteiger partial charge in [0.15, 0.2) is 0 Å². The van der Waals surface area contributed by atoms with E-state index in [-0.39, 0.29) is 35.4 Å². The van der Waals surface area contributed by atoms with Gasteiger partial charge in [-0.05, 0) is 38.3 Å². The molecule has 1 N–H and O–H groups in total. The molecule has 1 heterocycles. The number of carbonyl (C=O) groups excluding carboxylic acids is 3. The van der Waals surface area contributed by atoms with Gasteiger partial charge in [-0.2, -0.15) is 11.8 Å². The van der Waals surface area contributed by atoms with Crippen molar-refractivity contribution in [2.24, 2.45) is 0 Å². The summed E-state index contributed by atoms with van der Waals surface area (Å²) >= 11 is 1.37. The third-order valence-corrected chi connectivity index (χ3v) is 4.11. The third-order valence-electron chi connectivity index (χ3n) is 3.18. The molecule has 1 saturated heterocycles. The number of anilines is 1. The van der Waals surface area contributed by atoms with Crippen LogP contribution in [0.2, 0.25) is 0 Å². The van der Waals surface area contributed by atoms with E-state index in [0.29, 0.717) is 11.3 Å². The number of amides is 3. The molecule has 1 atom stereocenters. The Morgan fingerprint density at radius 2 is 2.10 bits per heavy atom. The molecule has 1 aliphatic heterocycles. The van der Waals surface area contributed by atoms with Crippen molar-refractivity contribution >= 4 is 35.2 Å². The first kappa shape index (κ1) is 15.6. The Hall–Kier alpha value is -1.82. The summed E-state index contributed by atoms with van der Waals surface area (Å²) in [7, 11) is 0. The predicted octanol–water partition coefficient (Wildman–Crippen LogP) is 1.82. The quantitative estimate of drug-likeness (QED) is 0.862. The first-order valence-electron chi connectivity index (χ1n) is 6.74. The molecule has 0 saturated carbocycles. The van der Waals surface area contributed by atoms with E-state index in [9.17, 15) is 14.4 Å². The second-order valence-electron chi connectivity index (χ2n) is 5.17. The van der Waals surface area contributed by atoms with Gasteiger partial charge in [-0.25, -0.2) is 4.90 Å². The normalized spacial score (nSPS) is 18.5. The average Bonchev–Trinajstić information content (AvgIpc) is 2.72. The highest BCUT2D eigenvalue weighted by atomic mass is 32.2. The molecule has 6 heteroatoms. The topological polar surface area (TPSA) is 66.5 Å². The maximum Gasteiger partial charge on any atom is 0.251 e. The molecule has 21 heavy (non-hydrogen) atoms. The second-order valence-corrected chi connectivity index (χ2v) is 6.21. The minimum atomic E-state index is -0.328. The lowest BCUT2D eigenvalue weighted by molar-refractivity contribution is -0.121. The van der Waals surface area contributed by atoms with Crippen molar-refractivity contribution in [1.29, 1.82) is 0 Å². The van der Waals surface area contributed by atoms with Gasteiger partial charge in [0.1, 0.15) is 0 Å². The summed E-state index contributed by atoms with van der Waals surface area (Å²) in [6.07, 6.45) is 2.02. The lowest BCUT2D eigenvalue weighted by Gasteiger charge is -2.16. The molecule has 0 radical (unpaired) electrons. The molecule has 1 aromatic carbocycles. The number of benzene rings is 1. The van der Waals surface area contributed by atoms with E-state index in [1.54, 1.807) is 24.3 Å². The van der Waals surface area contributed by atoms with Crippen LogP contribution < -0.4 is 10.2 Å². The summed E-state index contributed by atoms with van der Waals surface area (Å²) in [4.78, 5) is 37.4. The fourth-order valence-electron chi connectivity index (χ4n) is 2.19. The van der Waals surface area contributed by atoms with E-state index < -0.39 is 0 Å². The molecule has 0 spiro atoms. The Balaban J connectivity index is 2.27. The number of hydrogen-bond donors (Lipinski definition) is 1. The summed E-state index contributed by atoms with van der Waals surface area (Å²) in [6, 6.07) is 6.62. The van der Waals surface area contributed by atoms with Crippen LogP contribution in [0.25, 0.3) is 0 Å². The SMILES string of the molecule is CSC1CC(=O)N(c2cccc(C(=O)NC(C)C)c2)C1=O. The smallest absolute Gasteiger partial charge is 0.251 e. The van der Waals surface area contributed by atoms with E-state index in [0.717, 1.165) is 0 Å². The van der Waals surface area contributed by atoms with Crippen molar-refractivity contribution in [1.82, 2.24) is 5.32 Å². The van der Waals surface area contributed by atoms with Gasteiger partial charge in [0, 0.05) is 18.0 Å². The van der Waals surface area contributed by atoms with E-state index in [4.69, 9.17) is 0 Å². The molecule has 5 nitrogen and oxygen atoms in total. The molecule has 0 aliphatic carbocycles. The van der Waals surface area contributed by atoms with Gasteiger partial charge in [-0.3, -0.25) is 14.4 Å². The summed E-state index contributed by atoms with van der Waals surface area (Å²) in [6.45, 7) is 3.75. The number of hydrogen-bond acceptors (Lipinski definition) is 4. The van der Waals surface area contributed by atoms with E-state index >= 15 is 0 Å². The lowest BCUT2D eigenvalue weighted by atomic mass is 10.1. The van der Waals surface area contributed by atoms with Crippen LogP contribution in [0.3, 0.4) is 0 Å². The zero-order valence-electron chi connectivity index (χ0n) is 12.3. The molecule has 1 aromatic rings. The molecule has 2 rings (SSSR count). The number of thioether (sulfide) groups is 1.